The maximum absolute atomic E-state index is 13.0. The van der Waals surface area contributed by atoms with E-state index in [-0.39, 0.29) is 17.4 Å². The molecule has 0 radical (unpaired) electrons. The number of hydrogen-bond donors (Lipinski definition) is 1. The maximum Gasteiger partial charge on any atom is 0.406 e. The van der Waals surface area contributed by atoms with Crippen molar-refractivity contribution in [1.29, 1.82) is 0 Å². The topological polar surface area (TPSA) is 65.4 Å². The van der Waals surface area contributed by atoms with Crippen molar-refractivity contribution >= 4 is 23.5 Å². The Labute approximate surface area is 151 Å². The number of rotatable bonds is 4. The Morgan fingerprint density at radius 2 is 1.48 bits per heavy atom. The third kappa shape index (κ3) is 4.18. The van der Waals surface area contributed by atoms with E-state index in [1.54, 1.807) is 12.1 Å². The number of nitrogens with zero attached hydrogens (tertiary/aromatic N) is 3. The first-order valence-corrected chi connectivity index (χ1v) is 8.24. The number of urea groups is 1. The second-order valence-electron chi connectivity index (χ2n) is 6.39. The van der Waals surface area contributed by atoms with Crippen molar-refractivity contribution in [2.45, 2.75) is 6.18 Å². The lowest BCUT2D eigenvalue weighted by Crippen LogP contribution is -3.16. The van der Waals surface area contributed by atoms with Crippen molar-refractivity contribution in [3.8, 4) is 0 Å². The summed E-state index contributed by atoms with van der Waals surface area (Å²) in [6.45, 7) is 0.161. The Morgan fingerprint density at radius 3 is 2.04 bits per heavy atom. The summed E-state index contributed by atoms with van der Waals surface area (Å²) in [4.78, 5) is 38.9. The van der Waals surface area contributed by atoms with Crippen LogP contribution in [0, 0.1) is 5.82 Å². The van der Waals surface area contributed by atoms with Gasteiger partial charge >= 0.3 is 24.0 Å². The van der Waals surface area contributed by atoms with Gasteiger partial charge in [-0.05, 0) is 24.3 Å². The molecule has 11 heteroatoms. The van der Waals surface area contributed by atoms with Crippen LogP contribution in [0.2, 0.25) is 0 Å². The van der Waals surface area contributed by atoms with Crippen LogP contribution in [0.15, 0.2) is 24.3 Å². The zero-order valence-electron chi connectivity index (χ0n) is 14.1. The summed E-state index contributed by atoms with van der Waals surface area (Å²) in [7, 11) is 0. The van der Waals surface area contributed by atoms with Gasteiger partial charge in [0.25, 0.3) is 0 Å². The highest BCUT2D eigenvalue weighted by atomic mass is 19.4. The number of piperazine rings is 1. The van der Waals surface area contributed by atoms with Crippen LogP contribution in [0.3, 0.4) is 0 Å². The predicted molar refractivity (Wildman–Crippen MR) is 84.2 cm³/mol. The van der Waals surface area contributed by atoms with Crippen LogP contribution in [0.4, 0.5) is 28.0 Å². The standard InChI is InChI=1S/C16H16F4N4O3/c17-11-1-3-12(4-2-11)22-7-5-21(6-8-22)10-24-14(26)13(25)23(15(24)27)9-16(18,19)20/h1-4H,5-10H2/p+1. The van der Waals surface area contributed by atoms with Crippen molar-refractivity contribution in [2.75, 3.05) is 44.3 Å². The molecule has 0 saturated carbocycles. The van der Waals surface area contributed by atoms with Gasteiger partial charge in [-0.3, -0.25) is 9.59 Å². The number of carbonyl (C=O) groups excluding carboxylic acids is 3. The van der Waals surface area contributed by atoms with Crippen molar-refractivity contribution in [1.82, 2.24) is 9.80 Å². The first-order chi connectivity index (χ1) is 12.7. The molecule has 146 valence electrons. The minimum atomic E-state index is -4.77. The summed E-state index contributed by atoms with van der Waals surface area (Å²) in [5, 5.41) is 0. The molecule has 0 atom stereocenters. The van der Waals surface area contributed by atoms with Gasteiger partial charge in [0.2, 0.25) is 0 Å². The average Bonchev–Trinajstić information content (AvgIpc) is 2.80. The van der Waals surface area contributed by atoms with Gasteiger partial charge in [-0.2, -0.15) is 13.2 Å². The molecule has 2 heterocycles. The van der Waals surface area contributed by atoms with Crippen LogP contribution in [0.1, 0.15) is 0 Å². The van der Waals surface area contributed by atoms with Crippen LogP contribution in [0.5, 0.6) is 0 Å². The summed E-state index contributed by atoms with van der Waals surface area (Å²) < 4.78 is 50.4. The molecule has 27 heavy (non-hydrogen) atoms. The molecular formula is C16H17F4N4O3+. The van der Waals surface area contributed by atoms with Crippen molar-refractivity contribution < 1.29 is 36.8 Å². The summed E-state index contributed by atoms with van der Waals surface area (Å²) in [5.41, 5.74) is 0.829. The molecule has 0 aliphatic carbocycles. The van der Waals surface area contributed by atoms with Gasteiger partial charge in [0.1, 0.15) is 12.4 Å². The fourth-order valence-corrected chi connectivity index (χ4v) is 3.12. The highest BCUT2D eigenvalue weighted by Crippen LogP contribution is 2.21. The molecular weight excluding hydrogens is 372 g/mol. The molecule has 0 aromatic heterocycles. The van der Waals surface area contributed by atoms with E-state index in [1.807, 2.05) is 4.90 Å². The number of halogens is 4. The monoisotopic (exact) mass is 389 g/mol. The molecule has 1 aromatic rings. The van der Waals surface area contributed by atoms with Crippen LogP contribution in [-0.2, 0) is 9.59 Å². The summed E-state index contributed by atoms with van der Waals surface area (Å²) in [6.07, 6.45) is -4.77. The molecule has 0 unspecified atom stereocenters. The number of amides is 4. The van der Waals surface area contributed by atoms with E-state index in [0.717, 1.165) is 10.6 Å². The van der Waals surface area contributed by atoms with E-state index in [1.165, 1.54) is 12.1 Å². The summed E-state index contributed by atoms with van der Waals surface area (Å²) in [6, 6.07) is 4.73. The van der Waals surface area contributed by atoms with Gasteiger partial charge in [-0.15, -0.1) is 0 Å². The zero-order chi connectivity index (χ0) is 19.8. The largest absolute Gasteiger partial charge is 0.406 e. The van der Waals surface area contributed by atoms with Crippen molar-refractivity contribution in [3.05, 3.63) is 30.1 Å². The van der Waals surface area contributed by atoms with Crippen molar-refractivity contribution in [3.63, 3.8) is 0 Å². The lowest BCUT2D eigenvalue weighted by Gasteiger charge is -2.34. The van der Waals surface area contributed by atoms with Crippen LogP contribution in [-0.4, -0.2) is 73.2 Å². The van der Waals surface area contributed by atoms with Gasteiger partial charge in [-0.25, -0.2) is 19.0 Å². The quantitative estimate of drug-likeness (QED) is 0.442. The van der Waals surface area contributed by atoms with E-state index in [0.29, 0.717) is 31.1 Å². The fraction of sp³-hybridized carbons (Fsp3) is 0.438. The van der Waals surface area contributed by atoms with Gasteiger partial charge in [0, 0.05) is 5.69 Å². The summed E-state index contributed by atoms with van der Waals surface area (Å²) in [5.74, 6) is -3.04. The highest BCUT2D eigenvalue weighted by Gasteiger charge is 2.50. The molecule has 2 fully saturated rings. The average molecular weight is 389 g/mol. The predicted octanol–water partition coefficient (Wildman–Crippen LogP) is -0.159. The van der Waals surface area contributed by atoms with Gasteiger partial charge in [-0.1, -0.05) is 0 Å². The number of benzene rings is 1. The van der Waals surface area contributed by atoms with Gasteiger partial charge in [0.15, 0.2) is 6.67 Å². The normalized spacial score (nSPS) is 19.4. The first-order valence-electron chi connectivity index (χ1n) is 8.24. The minimum Gasteiger partial charge on any atom is -0.360 e. The number of quaternary nitrogens is 1. The van der Waals surface area contributed by atoms with E-state index < -0.39 is 30.6 Å². The minimum absolute atomic E-state index is 0.0729. The Balaban J connectivity index is 1.58. The Hall–Kier alpha value is -2.69. The zero-order valence-corrected chi connectivity index (χ0v) is 14.1. The molecule has 0 spiro atoms. The molecule has 2 saturated heterocycles. The lowest BCUT2D eigenvalue weighted by atomic mass is 10.2. The molecule has 0 bridgehead atoms. The number of hydrogen-bond acceptors (Lipinski definition) is 4. The second kappa shape index (κ2) is 7.14. The number of imide groups is 2. The van der Waals surface area contributed by atoms with Crippen molar-refractivity contribution in [2.24, 2.45) is 0 Å². The molecule has 2 aliphatic rings. The Bertz CT molecular complexity index is 745. The van der Waals surface area contributed by atoms with Gasteiger partial charge < -0.3 is 9.80 Å². The number of carbonyl (C=O) groups is 3. The van der Waals surface area contributed by atoms with E-state index >= 15 is 0 Å². The SMILES string of the molecule is O=C1C(=O)N(CC(F)(F)F)C(=O)N1C[NH+]1CCN(c2ccc(F)cc2)CC1. The Kier molecular flexibility index (Phi) is 5.05. The molecule has 1 N–H and O–H groups in total. The van der Waals surface area contributed by atoms with Crippen LogP contribution < -0.4 is 9.80 Å². The first kappa shape index (κ1) is 19.1. The number of nitrogens with one attached hydrogen (secondary N) is 1. The third-order valence-electron chi connectivity index (χ3n) is 4.52. The van der Waals surface area contributed by atoms with Crippen LogP contribution >= 0.6 is 0 Å². The van der Waals surface area contributed by atoms with Gasteiger partial charge in [0.05, 0.1) is 26.2 Å². The molecule has 1 aromatic carbocycles. The van der Waals surface area contributed by atoms with E-state index in [2.05, 4.69) is 0 Å². The maximum atomic E-state index is 13.0. The fourth-order valence-electron chi connectivity index (χ4n) is 3.12. The number of anilines is 1. The third-order valence-corrected chi connectivity index (χ3v) is 4.52. The second-order valence-corrected chi connectivity index (χ2v) is 6.39. The smallest absolute Gasteiger partial charge is 0.360 e. The molecule has 2 aliphatic heterocycles. The number of alkyl halides is 3. The highest BCUT2D eigenvalue weighted by molar-refractivity contribution is 6.44. The summed E-state index contributed by atoms with van der Waals surface area (Å²) >= 11 is 0. The van der Waals surface area contributed by atoms with Crippen LogP contribution in [0.25, 0.3) is 0 Å². The van der Waals surface area contributed by atoms with E-state index in [9.17, 15) is 31.9 Å². The molecule has 4 amide bonds. The van der Waals surface area contributed by atoms with E-state index in [4.69, 9.17) is 0 Å². The molecule has 3 rings (SSSR count). The lowest BCUT2D eigenvalue weighted by molar-refractivity contribution is -0.907. The Morgan fingerprint density at radius 1 is 0.926 bits per heavy atom. The molecule has 7 nitrogen and oxygen atoms in total.